The van der Waals surface area contributed by atoms with Gasteiger partial charge in [0.1, 0.15) is 0 Å². The van der Waals surface area contributed by atoms with Gasteiger partial charge in [-0.1, -0.05) is 45.0 Å². The third-order valence-electron chi connectivity index (χ3n) is 1.99. The highest BCUT2D eigenvalue weighted by molar-refractivity contribution is 6.51. The van der Waals surface area contributed by atoms with Gasteiger partial charge in [-0.15, -0.1) is 0 Å². The maximum atomic E-state index is 3.22. The zero-order valence-electron chi connectivity index (χ0n) is 8.81. The first-order valence-electron chi connectivity index (χ1n) is 4.58. The van der Waals surface area contributed by atoms with Crippen LogP contribution in [0, 0.1) is 0 Å². The van der Waals surface area contributed by atoms with Crippen LogP contribution in [0.1, 0.15) is 26.3 Å². The molecule has 0 aliphatic carbocycles. The minimum absolute atomic E-state index is 0.250. The lowest BCUT2D eigenvalue weighted by Crippen LogP contribution is -2.34. The third kappa shape index (κ3) is 2.67. The highest BCUT2D eigenvalue weighted by Crippen LogP contribution is 2.19. The molecule has 1 nitrogen and oxygen atoms in total. The van der Waals surface area contributed by atoms with E-state index in [9.17, 15) is 0 Å². The summed E-state index contributed by atoms with van der Waals surface area (Å²) in [6, 6.07) is 8.65. The van der Waals surface area contributed by atoms with E-state index in [4.69, 9.17) is 0 Å². The van der Waals surface area contributed by atoms with Crippen molar-refractivity contribution in [3.8, 4) is 0 Å². The van der Waals surface area contributed by atoms with Crippen molar-refractivity contribution in [1.82, 2.24) is 4.98 Å². The van der Waals surface area contributed by atoms with Crippen molar-refractivity contribution < 1.29 is 0 Å². The van der Waals surface area contributed by atoms with E-state index in [1.807, 2.05) is 7.05 Å². The summed E-state index contributed by atoms with van der Waals surface area (Å²) in [5, 5.41) is 1.43. The first-order chi connectivity index (χ1) is 6.05. The number of hydrogen-bond donors (Lipinski definition) is 1. The van der Waals surface area contributed by atoms with E-state index >= 15 is 0 Å². The van der Waals surface area contributed by atoms with Crippen molar-refractivity contribution in [2.75, 3.05) is 7.05 Å². The summed E-state index contributed by atoms with van der Waals surface area (Å²) in [5.74, 6) is 0. The standard InChI is InChI=1S/C11H17NSi/c1-11(2,3)9-7-5-6-8-10(9)13-12-4/h5-8,12H,1-4H3. The van der Waals surface area contributed by atoms with Crippen LogP contribution in [-0.4, -0.2) is 16.7 Å². The van der Waals surface area contributed by atoms with Gasteiger partial charge in [0.2, 0.25) is 0 Å². The van der Waals surface area contributed by atoms with Gasteiger partial charge in [-0.2, -0.15) is 0 Å². The van der Waals surface area contributed by atoms with Crippen LogP contribution >= 0.6 is 0 Å². The van der Waals surface area contributed by atoms with Crippen LogP contribution in [0.4, 0.5) is 0 Å². The Bertz CT molecular complexity index is 276. The molecule has 0 heterocycles. The molecule has 0 aromatic heterocycles. The molecule has 0 unspecified atom stereocenters. The predicted molar refractivity (Wildman–Crippen MR) is 59.6 cm³/mol. The van der Waals surface area contributed by atoms with Crippen LogP contribution in [0.15, 0.2) is 24.3 Å². The normalized spacial score (nSPS) is 11.7. The van der Waals surface area contributed by atoms with Crippen molar-refractivity contribution in [2.45, 2.75) is 26.2 Å². The zero-order chi connectivity index (χ0) is 9.90. The summed E-state index contributed by atoms with van der Waals surface area (Å²) in [6.45, 7) is 6.77. The molecule has 13 heavy (non-hydrogen) atoms. The van der Waals surface area contributed by atoms with Gasteiger partial charge in [-0.3, -0.25) is 0 Å². The topological polar surface area (TPSA) is 12.0 Å². The first kappa shape index (κ1) is 10.5. The highest BCUT2D eigenvalue weighted by atomic mass is 28.2. The lowest BCUT2D eigenvalue weighted by atomic mass is 9.87. The van der Waals surface area contributed by atoms with Gasteiger partial charge in [0.05, 0.1) is 0 Å². The Morgan fingerprint density at radius 1 is 1.15 bits per heavy atom. The Morgan fingerprint density at radius 2 is 1.77 bits per heavy atom. The maximum absolute atomic E-state index is 3.22. The smallest absolute Gasteiger partial charge is 0.179 e. The van der Waals surface area contributed by atoms with Crippen molar-refractivity contribution >= 4 is 14.9 Å². The van der Waals surface area contributed by atoms with E-state index in [0.717, 1.165) is 0 Å². The van der Waals surface area contributed by atoms with Gasteiger partial charge in [0.15, 0.2) is 9.68 Å². The molecular weight excluding hydrogens is 174 g/mol. The molecule has 0 spiro atoms. The fourth-order valence-corrected chi connectivity index (χ4v) is 2.42. The molecule has 2 heteroatoms. The first-order valence-corrected chi connectivity index (χ1v) is 5.58. The van der Waals surface area contributed by atoms with Crippen molar-refractivity contribution in [2.24, 2.45) is 0 Å². The second-order valence-electron chi connectivity index (χ2n) is 4.17. The molecule has 0 aliphatic heterocycles. The summed E-state index contributed by atoms with van der Waals surface area (Å²) in [7, 11) is 2.71. The molecule has 0 fully saturated rings. The summed E-state index contributed by atoms with van der Waals surface area (Å²) in [6.07, 6.45) is 0. The van der Waals surface area contributed by atoms with Crippen LogP contribution in [0.2, 0.25) is 0 Å². The van der Waals surface area contributed by atoms with Crippen LogP contribution < -0.4 is 10.2 Å². The Balaban J connectivity index is 3.05. The summed E-state index contributed by atoms with van der Waals surface area (Å²) < 4.78 is 0. The third-order valence-corrected chi connectivity index (χ3v) is 2.95. The van der Waals surface area contributed by atoms with E-state index in [1.165, 1.54) is 10.8 Å². The van der Waals surface area contributed by atoms with Gasteiger partial charge in [0, 0.05) is 0 Å². The molecule has 0 saturated heterocycles. The molecule has 1 aromatic carbocycles. The van der Waals surface area contributed by atoms with Gasteiger partial charge in [-0.05, 0) is 23.2 Å². The predicted octanol–water partition coefficient (Wildman–Crippen LogP) is 1.45. The molecule has 0 amide bonds. The SMILES string of the molecule is CN[Si]c1ccccc1C(C)(C)C. The number of hydrogen-bond acceptors (Lipinski definition) is 1. The second kappa shape index (κ2) is 4.07. The van der Waals surface area contributed by atoms with E-state index in [0.29, 0.717) is 9.68 Å². The van der Waals surface area contributed by atoms with Crippen LogP contribution in [-0.2, 0) is 5.41 Å². The van der Waals surface area contributed by atoms with E-state index in [1.54, 1.807) is 0 Å². The second-order valence-corrected chi connectivity index (χ2v) is 5.46. The molecule has 70 valence electrons. The van der Waals surface area contributed by atoms with Crippen molar-refractivity contribution in [1.29, 1.82) is 0 Å². The van der Waals surface area contributed by atoms with Gasteiger partial charge < -0.3 is 4.98 Å². The Hall–Kier alpha value is -0.603. The van der Waals surface area contributed by atoms with Gasteiger partial charge in [0.25, 0.3) is 0 Å². The molecule has 1 aromatic rings. The van der Waals surface area contributed by atoms with E-state index in [-0.39, 0.29) is 5.41 Å². The minimum Gasteiger partial charge on any atom is -0.338 e. The molecule has 0 atom stereocenters. The average Bonchev–Trinajstić information content (AvgIpc) is 2.04. The Morgan fingerprint density at radius 3 is 2.31 bits per heavy atom. The summed E-state index contributed by atoms with van der Waals surface area (Å²) >= 11 is 0. The fourth-order valence-electron chi connectivity index (χ4n) is 1.38. The molecular formula is C11H17NSi. The molecule has 0 saturated carbocycles. The largest absolute Gasteiger partial charge is 0.338 e. The van der Waals surface area contributed by atoms with Crippen LogP contribution in [0.25, 0.3) is 0 Å². The van der Waals surface area contributed by atoms with Gasteiger partial charge in [-0.25, -0.2) is 0 Å². The van der Waals surface area contributed by atoms with Gasteiger partial charge >= 0.3 is 0 Å². The quantitative estimate of drug-likeness (QED) is 0.698. The van der Waals surface area contributed by atoms with Crippen molar-refractivity contribution in [3.63, 3.8) is 0 Å². The number of benzene rings is 1. The summed E-state index contributed by atoms with van der Waals surface area (Å²) in [5.41, 5.74) is 1.70. The maximum Gasteiger partial charge on any atom is 0.179 e. The molecule has 1 N–H and O–H groups in total. The average molecular weight is 191 g/mol. The lowest BCUT2D eigenvalue weighted by Gasteiger charge is -2.22. The summed E-state index contributed by atoms with van der Waals surface area (Å²) in [4.78, 5) is 3.22. The molecule has 0 bridgehead atoms. The zero-order valence-corrected chi connectivity index (χ0v) is 9.81. The minimum atomic E-state index is 0.250. The van der Waals surface area contributed by atoms with Crippen molar-refractivity contribution in [3.05, 3.63) is 29.8 Å². The van der Waals surface area contributed by atoms with Crippen LogP contribution in [0.3, 0.4) is 0 Å². The molecule has 0 aliphatic rings. The lowest BCUT2D eigenvalue weighted by molar-refractivity contribution is 0.594. The van der Waals surface area contributed by atoms with E-state index < -0.39 is 0 Å². The van der Waals surface area contributed by atoms with Crippen LogP contribution in [0.5, 0.6) is 0 Å². The fraction of sp³-hybridized carbons (Fsp3) is 0.455. The molecule has 2 radical (unpaired) electrons. The Labute approximate surface area is 83.5 Å². The monoisotopic (exact) mass is 191 g/mol. The molecule has 1 rings (SSSR count). The Kier molecular flexibility index (Phi) is 3.28. The number of nitrogens with one attached hydrogen (secondary N) is 1. The highest BCUT2D eigenvalue weighted by Gasteiger charge is 2.16. The number of rotatable bonds is 2. The van der Waals surface area contributed by atoms with E-state index in [2.05, 4.69) is 50.0 Å².